The molecule has 0 fully saturated rings. The highest BCUT2D eigenvalue weighted by atomic mass is 79.9. The van der Waals surface area contributed by atoms with Gasteiger partial charge in [0, 0.05) is 47.8 Å². The van der Waals surface area contributed by atoms with Crippen LogP contribution >= 0.6 is 15.9 Å². The van der Waals surface area contributed by atoms with Crippen molar-refractivity contribution in [2.24, 2.45) is 10.8 Å². The van der Waals surface area contributed by atoms with E-state index in [0.29, 0.717) is 35.4 Å². The van der Waals surface area contributed by atoms with Crippen molar-refractivity contribution in [3.05, 3.63) is 80.6 Å². The molecule has 2 aromatic rings. The van der Waals surface area contributed by atoms with Gasteiger partial charge in [-0.1, -0.05) is 63.9 Å². The van der Waals surface area contributed by atoms with E-state index in [1.165, 1.54) is 5.56 Å². The number of rotatable bonds is 7. The molecular formula is C35H38BrNO4. The lowest BCUT2D eigenvalue weighted by molar-refractivity contribution is -0.119. The smallest absolute Gasteiger partial charge is 0.176 e. The topological polar surface area (TPSA) is 55.8 Å². The summed E-state index contributed by atoms with van der Waals surface area (Å²) < 4.78 is 12.2. The van der Waals surface area contributed by atoms with Crippen LogP contribution in [0.3, 0.4) is 0 Å². The fourth-order valence-electron chi connectivity index (χ4n) is 6.70. The zero-order chi connectivity index (χ0) is 29.5. The fourth-order valence-corrected chi connectivity index (χ4v) is 7.27. The molecule has 1 aliphatic heterocycles. The van der Waals surface area contributed by atoms with Crippen molar-refractivity contribution in [2.75, 3.05) is 20.3 Å². The quantitative estimate of drug-likeness (QED) is 0.304. The number of benzene rings is 2. The predicted octanol–water partition coefficient (Wildman–Crippen LogP) is 7.40. The number of hydrogen-bond acceptors (Lipinski definition) is 5. The Morgan fingerprint density at radius 2 is 1.54 bits per heavy atom. The van der Waals surface area contributed by atoms with Crippen LogP contribution in [0.1, 0.15) is 70.4 Å². The molecule has 1 heterocycles. The molecule has 5 nitrogen and oxygen atoms in total. The van der Waals surface area contributed by atoms with E-state index < -0.39 is 5.92 Å². The molecule has 214 valence electrons. The summed E-state index contributed by atoms with van der Waals surface area (Å²) in [6, 6.07) is 14.3. The van der Waals surface area contributed by atoms with E-state index >= 15 is 0 Å². The van der Waals surface area contributed by atoms with Crippen molar-refractivity contribution in [3.8, 4) is 23.8 Å². The summed E-state index contributed by atoms with van der Waals surface area (Å²) in [7, 11) is 1.58. The first kappa shape index (κ1) is 29.2. The molecule has 0 saturated carbocycles. The number of carbonyl (C=O) groups excluding carboxylic acids is 2. The van der Waals surface area contributed by atoms with Gasteiger partial charge in [0.15, 0.2) is 23.1 Å². The summed E-state index contributed by atoms with van der Waals surface area (Å²) in [5, 5.41) is 0. The lowest BCUT2D eigenvalue weighted by atomic mass is 9.63. The van der Waals surface area contributed by atoms with Crippen LogP contribution < -0.4 is 9.47 Å². The maximum absolute atomic E-state index is 14.1. The SMILES string of the molecule is C#CCOc1c(Br)cc(C2C3=C(CC(C)(C)CC3=O)N(CCc3ccccc3)C3=C2C(=O)CC(C)(C)C3)cc1OC. The standard InChI is InChI=1S/C35H38BrNO4/c1-7-15-41-33-24(36)16-23(17-29(33)40-6)30-31-25(18-34(2,3)20-27(31)38)37(14-13-22-11-9-8-10-12-22)26-19-35(4,5)21-28(39)32(26)30/h1,8-12,16-17,30H,13-15,18-21H2,2-6H3. The zero-order valence-electron chi connectivity index (χ0n) is 24.6. The third-order valence-corrected chi connectivity index (χ3v) is 8.96. The minimum absolute atomic E-state index is 0.0971. The maximum Gasteiger partial charge on any atom is 0.176 e. The fraction of sp³-hybridized carbons (Fsp3) is 0.429. The van der Waals surface area contributed by atoms with E-state index in [-0.39, 0.29) is 29.0 Å². The van der Waals surface area contributed by atoms with Gasteiger partial charge in [-0.05, 0) is 69.3 Å². The Morgan fingerprint density at radius 1 is 0.951 bits per heavy atom. The predicted molar refractivity (Wildman–Crippen MR) is 165 cm³/mol. The van der Waals surface area contributed by atoms with Crippen LogP contribution in [0, 0.1) is 23.2 Å². The Bertz CT molecular complexity index is 1440. The number of halogens is 1. The van der Waals surface area contributed by atoms with E-state index in [4.69, 9.17) is 15.9 Å². The molecule has 3 aliphatic rings. The molecular weight excluding hydrogens is 578 g/mol. The molecule has 0 saturated heterocycles. The summed E-state index contributed by atoms with van der Waals surface area (Å²) >= 11 is 3.65. The second kappa shape index (κ2) is 11.2. The van der Waals surface area contributed by atoms with Gasteiger partial charge in [-0.2, -0.15) is 0 Å². The van der Waals surface area contributed by atoms with Crippen molar-refractivity contribution < 1.29 is 19.1 Å². The Hall–Kier alpha value is -3.30. The van der Waals surface area contributed by atoms with Gasteiger partial charge in [-0.15, -0.1) is 6.42 Å². The lowest BCUT2D eigenvalue weighted by Crippen LogP contribution is -2.45. The summed E-state index contributed by atoms with van der Waals surface area (Å²) in [5.41, 5.74) is 5.32. The number of methoxy groups -OCH3 is 1. The number of Topliss-reactive ketones (excluding diaryl/α,β-unsaturated/α-hetero) is 2. The third kappa shape index (κ3) is 5.75. The van der Waals surface area contributed by atoms with Crippen LogP contribution in [0.5, 0.6) is 11.5 Å². The Morgan fingerprint density at radius 3 is 2.07 bits per heavy atom. The normalized spacial score (nSPS) is 20.0. The lowest BCUT2D eigenvalue weighted by Gasteiger charge is -2.49. The first-order chi connectivity index (χ1) is 19.4. The molecule has 0 bridgehead atoms. The Balaban J connectivity index is 1.72. The second-order valence-electron chi connectivity index (χ2n) is 12.9. The van der Waals surface area contributed by atoms with Crippen LogP contribution in [-0.2, 0) is 16.0 Å². The highest BCUT2D eigenvalue weighted by Crippen LogP contribution is 2.55. The van der Waals surface area contributed by atoms with E-state index in [9.17, 15) is 9.59 Å². The summed E-state index contributed by atoms with van der Waals surface area (Å²) in [6.45, 7) is 9.46. The van der Waals surface area contributed by atoms with E-state index in [1.807, 2.05) is 18.2 Å². The van der Waals surface area contributed by atoms with Crippen LogP contribution in [-0.4, -0.2) is 36.7 Å². The van der Waals surface area contributed by atoms with E-state index in [2.05, 4.69) is 78.7 Å². The van der Waals surface area contributed by atoms with Gasteiger partial charge in [0.25, 0.3) is 0 Å². The molecule has 0 aromatic heterocycles. The first-order valence-corrected chi connectivity index (χ1v) is 15.0. The van der Waals surface area contributed by atoms with Crippen molar-refractivity contribution in [1.82, 2.24) is 4.90 Å². The third-order valence-electron chi connectivity index (χ3n) is 8.37. The molecule has 5 rings (SSSR count). The molecule has 41 heavy (non-hydrogen) atoms. The van der Waals surface area contributed by atoms with Crippen molar-refractivity contribution in [3.63, 3.8) is 0 Å². The monoisotopic (exact) mass is 615 g/mol. The van der Waals surface area contributed by atoms with Crippen LogP contribution in [0.4, 0.5) is 0 Å². The zero-order valence-corrected chi connectivity index (χ0v) is 26.2. The molecule has 0 amide bonds. The summed E-state index contributed by atoms with van der Waals surface area (Å²) in [5.74, 6) is 3.26. The maximum atomic E-state index is 14.1. The van der Waals surface area contributed by atoms with Crippen molar-refractivity contribution in [2.45, 2.75) is 65.7 Å². The second-order valence-corrected chi connectivity index (χ2v) is 13.8. The largest absolute Gasteiger partial charge is 0.493 e. The highest BCUT2D eigenvalue weighted by Gasteiger charge is 2.49. The molecule has 0 unspecified atom stereocenters. The number of allylic oxidation sites excluding steroid dienone is 4. The van der Waals surface area contributed by atoms with Crippen molar-refractivity contribution >= 4 is 27.5 Å². The number of hydrogen-bond donors (Lipinski definition) is 0. The average molecular weight is 617 g/mol. The Kier molecular flexibility index (Phi) is 7.96. The van der Waals surface area contributed by atoms with Gasteiger partial charge in [0.05, 0.1) is 11.6 Å². The molecule has 2 aliphatic carbocycles. The minimum atomic E-state index is -0.466. The minimum Gasteiger partial charge on any atom is -0.493 e. The van der Waals surface area contributed by atoms with Gasteiger partial charge in [-0.3, -0.25) is 9.59 Å². The van der Waals surface area contributed by atoms with Gasteiger partial charge in [-0.25, -0.2) is 0 Å². The van der Waals surface area contributed by atoms with Gasteiger partial charge >= 0.3 is 0 Å². The van der Waals surface area contributed by atoms with Crippen molar-refractivity contribution in [1.29, 1.82) is 0 Å². The summed E-state index contributed by atoms with van der Waals surface area (Å²) in [4.78, 5) is 30.5. The number of ether oxygens (including phenoxy) is 2. The van der Waals surface area contributed by atoms with Gasteiger partial charge < -0.3 is 14.4 Å². The van der Waals surface area contributed by atoms with Gasteiger partial charge in [0.2, 0.25) is 0 Å². The first-order valence-electron chi connectivity index (χ1n) is 14.2. The molecule has 2 aromatic carbocycles. The number of nitrogens with zero attached hydrogens (tertiary/aromatic N) is 1. The molecule has 0 N–H and O–H groups in total. The van der Waals surface area contributed by atoms with Crippen LogP contribution in [0.15, 0.2) is 69.5 Å². The highest BCUT2D eigenvalue weighted by molar-refractivity contribution is 9.10. The number of ketones is 2. The summed E-state index contributed by atoms with van der Waals surface area (Å²) in [6.07, 6.45) is 8.69. The van der Waals surface area contributed by atoms with Crippen LogP contribution in [0.2, 0.25) is 0 Å². The number of carbonyl (C=O) groups is 2. The number of terminal acetylenes is 1. The van der Waals surface area contributed by atoms with E-state index in [0.717, 1.165) is 47.4 Å². The average Bonchev–Trinajstić information content (AvgIpc) is 2.89. The van der Waals surface area contributed by atoms with Crippen LogP contribution in [0.25, 0.3) is 0 Å². The van der Waals surface area contributed by atoms with Gasteiger partial charge in [0.1, 0.15) is 6.61 Å². The molecule has 0 atom stereocenters. The molecule has 0 spiro atoms. The Labute approximate surface area is 252 Å². The van der Waals surface area contributed by atoms with E-state index in [1.54, 1.807) is 7.11 Å². The molecule has 6 heteroatoms. The molecule has 0 radical (unpaired) electrons.